The summed E-state index contributed by atoms with van der Waals surface area (Å²) in [6.07, 6.45) is 0.512. The van der Waals surface area contributed by atoms with Crippen molar-refractivity contribution in [1.29, 1.82) is 0 Å². The second-order valence-corrected chi connectivity index (χ2v) is 8.17. The molecule has 2 aliphatic rings. The second-order valence-electron chi connectivity index (χ2n) is 8.17. The number of phenolic OH excluding ortho intramolecular Hbond substituents is 1. The Morgan fingerprint density at radius 3 is 2.63 bits per heavy atom. The SMILES string of the molecule is COc1cccc(C2C3C(NNC3c3cc(C)cc(C)c3O)C(=O)N2CCCO)c1. The standard InChI is InChI=1S/C23H29N3O4/c1-13-10-14(2)22(28)17(11-13)19-18-20(25-24-19)23(29)26(8-5-9-27)21(18)15-6-4-7-16(12-15)30-3/h4,6-7,10-12,18-21,24-25,27-28H,5,8-9H2,1-3H3. The Bertz CT molecular complexity index is 948. The van der Waals surface area contributed by atoms with E-state index in [1.165, 1.54) is 0 Å². The average Bonchev–Trinajstić information content (AvgIpc) is 3.28. The van der Waals surface area contributed by atoms with E-state index >= 15 is 0 Å². The number of ether oxygens (including phenoxy) is 1. The maximum atomic E-state index is 13.3. The predicted octanol–water partition coefficient (Wildman–Crippen LogP) is 2.12. The van der Waals surface area contributed by atoms with Gasteiger partial charge in [0.1, 0.15) is 17.5 Å². The summed E-state index contributed by atoms with van der Waals surface area (Å²) in [5.41, 5.74) is 10.1. The third kappa shape index (κ3) is 3.43. The van der Waals surface area contributed by atoms with Gasteiger partial charge in [-0.15, -0.1) is 0 Å². The Kier molecular flexibility index (Phi) is 5.69. The Labute approximate surface area is 176 Å². The number of hydrazine groups is 1. The van der Waals surface area contributed by atoms with Gasteiger partial charge in [0.15, 0.2) is 0 Å². The van der Waals surface area contributed by atoms with Crippen molar-refractivity contribution >= 4 is 5.91 Å². The zero-order chi connectivity index (χ0) is 21.4. The number of rotatable bonds is 6. The van der Waals surface area contributed by atoms with E-state index in [0.717, 1.165) is 28.0 Å². The molecular formula is C23H29N3O4. The fraction of sp³-hybridized carbons (Fsp3) is 0.435. The molecule has 7 heteroatoms. The number of benzene rings is 2. The Balaban J connectivity index is 1.80. The topological polar surface area (TPSA) is 94.1 Å². The van der Waals surface area contributed by atoms with Crippen LogP contribution in [0.5, 0.6) is 11.5 Å². The van der Waals surface area contributed by atoms with Gasteiger partial charge in [-0.1, -0.05) is 29.8 Å². The molecule has 4 unspecified atom stereocenters. The largest absolute Gasteiger partial charge is 0.507 e. The first-order valence-corrected chi connectivity index (χ1v) is 10.3. The summed E-state index contributed by atoms with van der Waals surface area (Å²) in [4.78, 5) is 15.1. The zero-order valence-electron chi connectivity index (χ0n) is 17.6. The van der Waals surface area contributed by atoms with Crippen LogP contribution in [0.3, 0.4) is 0 Å². The average molecular weight is 412 g/mol. The van der Waals surface area contributed by atoms with Gasteiger partial charge in [0.2, 0.25) is 5.91 Å². The summed E-state index contributed by atoms with van der Waals surface area (Å²) in [6.45, 7) is 4.38. The number of hydrogen-bond donors (Lipinski definition) is 4. The van der Waals surface area contributed by atoms with E-state index < -0.39 is 6.04 Å². The van der Waals surface area contributed by atoms with Crippen LogP contribution in [0.4, 0.5) is 0 Å². The van der Waals surface area contributed by atoms with Crippen molar-refractivity contribution in [3.63, 3.8) is 0 Å². The van der Waals surface area contributed by atoms with Crippen LogP contribution in [0, 0.1) is 19.8 Å². The molecule has 2 aromatic carbocycles. The number of phenols is 1. The normalized spacial score (nSPS) is 25.6. The lowest BCUT2D eigenvalue weighted by atomic mass is 9.82. The van der Waals surface area contributed by atoms with Gasteiger partial charge in [0.25, 0.3) is 0 Å². The third-order valence-corrected chi connectivity index (χ3v) is 6.22. The number of nitrogens with zero attached hydrogens (tertiary/aromatic N) is 1. The molecule has 4 rings (SSSR count). The third-order valence-electron chi connectivity index (χ3n) is 6.22. The minimum Gasteiger partial charge on any atom is -0.507 e. The number of likely N-dealkylation sites (tertiary alicyclic amines) is 1. The highest BCUT2D eigenvalue weighted by Crippen LogP contribution is 2.49. The molecule has 2 heterocycles. The fourth-order valence-corrected chi connectivity index (χ4v) is 4.91. The molecule has 30 heavy (non-hydrogen) atoms. The van der Waals surface area contributed by atoms with Crippen LogP contribution in [0.2, 0.25) is 0 Å². The van der Waals surface area contributed by atoms with Crippen molar-refractivity contribution in [2.45, 2.75) is 38.4 Å². The van der Waals surface area contributed by atoms with Crippen LogP contribution >= 0.6 is 0 Å². The van der Waals surface area contributed by atoms with Gasteiger partial charge in [-0.25, -0.2) is 10.9 Å². The number of aromatic hydroxyl groups is 1. The van der Waals surface area contributed by atoms with Crippen molar-refractivity contribution in [3.05, 3.63) is 58.7 Å². The van der Waals surface area contributed by atoms with Crippen molar-refractivity contribution in [2.24, 2.45) is 5.92 Å². The summed E-state index contributed by atoms with van der Waals surface area (Å²) in [7, 11) is 1.63. The van der Waals surface area contributed by atoms with Crippen LogP contribution in [0.25, 0.3) is 0 Å². The summed E-state index contributed by atoms with van der Waals surface area (Å²) >= 11 is 0. The minimum atomic E-state index is -0.412. The first-order chi connectivity index (χ1) is 14.5. The lowest BCUT2D eigenvalue weighted by Crippen LogP contribution is -2.41. The van der Waals surface area contributed by atoms with Crippen molar-refractivity contribution < 1.29 is 19.7 Å². The highest BCUT2D eigenvalue weighted by atomic mass is 16.5. The number of carbonyl (C=O) groups is 1. The molecule has 2 aromatic rings. The van der Waals surface area contributed by atoms with E-state index in [4.69, 9.17) is 4.74 Å². The van der Waals surface area contributed by atoms with Gasteiger partial charge in [-0.3, -0.25) is 4.79 Å². The van der Waals surface area contributed by atoms with E-state index in [1.807, 2.05) is 55.1 Å². The molecule has 160 valence electrons. The van der Waals surface area contributed by atoms with Gasteiger partial charge in [-0.2, -0.15) is 0 Å². The number of nitrogens with one attached hydrogen (secondary N) is 2. The first-order valence-electron chi connectivity index (χ1n) is 10.3. The lowest BCUT2D eigenvalue weighted by molar-refractivity contribution is -0.130. The zero-order valence-corrected chi connectivity index (χ0v) is 17.6. The van der Waals surface area contributed by atoms with E-state index in [-0.39, 0.29) is 36.3 Å². The quantitative estimate of drug-likeness (QED) is 0.582. The molecular weight excluding hydrogens is 382 g/mol. The molecule has 4 atom stereocenters. The number of aryl methyl sites for hydroxylation is 2. The number of carbonyl (C=O) groups excluding carboxylic acids is 1. The van der Waals surface area contributed by atoms with E-state index in [2.05, 4.69) is 10.9 Å². The smallest absolute Gasteiger partial charge is 0.242 e. The number of methoxy groups -OCH3 is 1. The molecule has 7 nitrogen and oxygen atoms in total. The molecule has 4 N–H and O–H groups in total. The summed E-state index contributed by atoms with van der Waals surface area (Å²) in [6, 6.07) is 10.8. The molecule has 0 spiro atoms. The number of aliphatic hydroxyl groups is 1. The molecule has 0 aliphatic carbocycles. The molecule has 2 aliphatic heterocycles. The van der Waals surface area contributed by atoms with Gasteiger partial charge in [-0.05, 0) is 43.5 Å². The van der Waals surface area contributed by atoms with Crippen LogP contribution in [-0.4, -0.2) is 47.3 Å². The van der Waals surface area contributed by atoms with E-state index in [1.54, 1.807) is 7.11 Å². The molecule has 2 fully saturated rings. The summed E-state index contributed by atoms with van der Waals surface area (Å²) in [5, 5.41) is 20.2. The summed E-state index contributed by atoms with van der Waals surface area (Å²) in [5.74, 6) is 0.858. The Hall–Kier alpha value is -2.61. The maximum Gasteiger partial charge on any atom is 0.242 e. The number of fused-ring (bicyclic) bond motifs is 1. The van der Waals surface area contributed by atoms with Crippen molar-refractivity contribution in [1.82, 2.24) is 15.8 Å². The number of hydrogen-bond acceptors (Lipinski definition) is 6. The minimum absolute atomic E-state index is 0.000125. The predicted molar refractivity (Wildman–Crippen MR) is 113 cm³/mol. The fourth-order valence-electron chi connectivity index (χ4n) is 4.91. The lowest BCUT2D eigenvalue weighted by Gasteiger charge is -2.31. The van der Waals surface area contributed by atoms with Crippen LogP contribution in [0.1, 0.15) is 40.8 Å². The molecule has 1 amide bonds. The van der Waals surface area contributed by atoms with Gasteiger partial charge in [0.05, 0.1) is 19.2 Å². The van der Waals surface area contributed by atoms with E-state index in [9.17, 15) is 15.0 Å². The van der Waals surface area contributed by atoms with E-state index in [0.29, 0.717) is 13.0 Å². The molecule has 0 bridgehead atoms. The first kappa shape index (κ1) is 20.7. The molecule has 0 radical (unpaired) electrons. The van der Waals surface area contributed by atoms with Gasteiger partial charge < -0.3 is 19.8 Å². The summed E-state index contributed by atoms with van der Waals surface area (Å²) < 4.78 is 5.42. The second kappa shape index (κ2) is 8.26. The highest BCUT2D eigenvalue weighted by Gasteiger charge is 2.55. The van der Waals surface area contributed by atoms with Gasteiger partial charge in [0, 0.05) is 24.6 Å². The van der Waals surface area contributed by atoms with Crippen LogP contribution in [0.15, 0.2) is 36.4 Å². The van der Waals surface area contributed by atoms with Crippen LogP contribution < -0.4 is 15.6 Å². The number of aliphatic hydroxyl groups excluding tert-OH is 1. The van der Waals surface area contributed by atoms with Crippen molar-refractivity contribution in [3.8, 4) is 11.5 Å². The molecule has 0 saturated carbocycles. The Morgan fingerprint density at radius 2 is 1.90 bits per heavy atom. The van der Waals surface area contributed by atoms with Crippen LogP contribution in [-0.2, 0) is 4.79 Å². The highest BCUT2D eigenvalue weighted by molar-refractivity contribution is 5.86. The van der Waals surface area contributed by atoms with Gasteiger partial charge >= 0.3 is 0 Å². The van der Waals surface area contributed by atoms with Crippen molar-refractivity contribution in [2.75, 3.05) is 20.3 Å². The maximum absolute atomic E-state index is 13.3. The number of amides is 1. The molecule has 2 saturated heterocycles. The monoisotopic (exact) mass is 411 g/mol. The molecule has 0 aromatic heterocycles. The Morgan fingerprint density at radius 1 is 1.13 bits per heavy atom.